The number of nitrogens with zero attached hydrogens (tertiary/aromatic N) is 1. The van der Waals surface area contributed by atoms with Crippen LogP contribution >= 0.6 is 0 Å². The van der Waals surface area contributed by atoms with Crippen LogP contribution in [0.2, 0.25) is 0 Å². The zero-order chi connectivity index (χ0) is 15.1. The van der Waals surface area contributed by atoms with Gasteiger partial charge in [0.1, 0.15) is 11.4 Å². The van der Waals surface area contributed by atoms with Crippen LogP contribution in [0.15, 0.2) is 48.7 Å². The first-order valence-electron chi connectivity index (χ1n) is 7.31. The van der Waals surface area contributed by atoms with E-state index in [1.54, 1.807) is 12.3 Å². The van der Waals surface area contributed by atoms with Gasteiger partial charge in [0.25, 0.3) is 0 Å². The van der Waals surface area contributed by atoms with Gasteiger partial charge in [-0.2, -0.15) is 0 Å². The van der Waals surface area contributed by atoms with Crippen molar-refractivity contribution in [2.45, 2.75) is 26.7 Å². The highest BCUT2D eigenvalue weighted by molar-refractivity contribution is 5.94. The van der Waals surface area contributed by atoms with E-state index >= 15 is 0 Å². The number of rotatable bonds is 7. The van der Waals surface area contributed by atoms with E-state index in [0.717, 1.165) is 11.3 Å². The molecular formula is C18H21NO2. The van der Waals surface area contributed by atoms with Crippen LogP contribution in [0, 0.1) is 5.92 Å². The van der Waals surface area contributed by atoms with E-state index in [2.05, 4.69) is 18.8 Å². The summed E-state index contributed by atoms with van der Waals surface area (Å²) in [4.78, 5) is 16.1. The molecule has 0 spiro atoms. The molecule has 0 aliphatic rings. The van der Waals surface area contributed by atoms with Gasteiger partial charge < -0.3 is 4.74 Å². The monoisotopic (exact) mass is 283 g/mol. The highest BCUT2D eigenvalue weighted by Gasteiger charge is 2.07. The van der Waals surface area contributed by atoms with Gasteiger partial charge in [-0.1, -0.05) is 32.0 Å². The lowest BCUT2D eigenvalue weighted by Crippen LogP contribution is -2.05. The summed E-state index contributed by atoms with van der Waals surface area (Å²) in [5, 5.41) is 0. The molecule has 1 aromatic heterocycles. The molecular weight excluding hydrogens is 262 g/mol. The van der Waals surface area contributed by atoms with Gasteiger partial charge in [-0.05, 0) is 42.2 Å². The van der Waals surface area contributed by atoms with E-state index < -0.39 is 0 Å². The van der Waals surface area contributed by atoms with Crippen LogP contribution in [0.3, 0.4) is 0 Å². The molecule has 0 N–H and O–H groups in total. The van der Waals surface area contributed by atoms with Gasteiger partial charge in [0.05, 0.1) is 6.61 Å². The number of aromatic nitrogens is 1. The Kier molecular flexibility index (Phi) is 5.50. The second kappa shape index (κ2) is 7.58. The predicted molar refractivity (Wildman–Crippen MR) is 83.7 cm³/mol. The lowest BCUT2D eigenvalue weighted by Gasteiger charge is -2.09. The molecule has 2 aromatic rings. The fraction of sp³-hybridized carbons (Fsp3) is 0.333. The summed E-state index contributed by atoms with van der Waals surface area (Å²) in [5.41, 5.74) is 1.64. The predicted octanol–water partition coefficient (Wildman–Crippen LogP) is 3.93. The van der Waals surface area contributed by atoms with Crippen molar-refractivity contribution < 1.29 is 9.53 Å². The molecule has 0 amide bonds. The van der Waals surface area contributed by atoms with Gasteiger partial charge in [0.15, 0.2) is 5.78 Å². The quantitative estimate of drug-likeness (QED) is 0.723. The molecule has 3 nitrogen and oxygen atoms in total. The van der Waals surface area contributed by atoms with Crippen LogP contribution < -0.4 is 4.74 Å². The number of hydrogen-bond donors (Lipinski definition) is 0. The highest BCUT2D eigenvalue weighted by atomic mass is 16.5. The maximum Gasteiger partial charge on any atom is 0.181 e. The van der Waals surface area contributed by atoms with Gasteiger partial charge in [0.2, 0.25) is 0 Å². The number of ether oxygens (including phenoxy) is 1. The number of carbonyl (C=O) groups excluding carboxylic acids is 1. The molecule has 0 fully saturated rings. The molecule has 0 bridgehead atoms. The lowest BCUT2D eigenvalue weighted by molar-refractivity contribution is 0.0978. The Morgan fingerprint density at radius 3 is 2.76 bits per heavy atom. The molecule has 0 unspecified atom stereocenters. The van der Waals surface area contributed by atoms with Crippen molar-refractivity contribution in [2.24, 2.45) is 5.92 Å². The average Bonchev–Trinajstić information content (AvgIpc) is 2.52. The standard InChI is InChI=1S/C18H21NO2/c1-14(2)13-21-16-7-5-6-15(12-16)9-10-18(20)17-8-3-4-11-19-17/h3-8,11-12,14H,9-10,13H2,1-2H3. The SMILES string of the molecule is CC(C)COc1cccc(CCC(=O)c2ccccn2)c1. The molecule has 21 heavy (non-hydrogen) atoms. The Morgan fingerprint density at radius 2 is 2.05 bits per heavy atom. The van der Waals surface area contributed by atoms with Crippen molar-refractivity contribution in [3.63, 3.8) is 0 Å². The fourth-order valence-corrected chi connectivity index (χ4v) is 1.97. The Labute approximate surface area is 126 Å². The molecule has 1 heterocycles. The Hall–Kier alpha value is -2.16. The molecule has 1 aromatic carbocycles. The Balaban J connectivity index is 1.91. The number of benzene rings is 1. The van der Waals surface area contributed by atoms with Crippen molar-refractivity contribution in [1.82, 2.24) is 4.98 Å². The molecule has 110 valence electrons. The number of pyridine rings is 1. The van der Waals surface area contributed by atoms with Gasteiger partial charge in [-0.15, -0.1) is 0 Å². The minimum absolute atomic E-state index is 0.0732. The van der Waals surface area contributed by atoms with Gasteiger partial charge in [-0.25, -0.2) is 0 Å². The van der Waals surface area contributed by atoms with Crippen LogP contribution in [0.4, 0.5) is 0 Å². The topological polar surface area (TPSA) is 39.2 Å². The second-order valence-electron chi connectivity index (χ2n) is 5.49. The molecule has 2 rings (SSSR count). The van der Waals surface area contributed by atoms with E-state index in [0.29, 0.717) is 31.1 Å². The molecule has 0 atom stereocenters. The minimum atomic E-state index is 0.0732. The Bertz CT molecular complexity index is 579. The summed E-state index contributed by atoms with van der Waals surface area (Å²) in [6, 6.07) is 13.3. The smallest absolute Gasteiger partial charge is 0.181 e. The number of aryl methyl sites for hydroxylation is 1. The van der Waals surface area contributed by atoms with Crippen LogP contribution in [0.25, 0.3) is 0 Å². The van der Waals surface area contributed by atoms with Crippen molar-refractivity contribution >= 4 is 5.78 Å². The summed E-state index contributed by atoms with van der Waals surface area (Å²) >= 11 is 0. The fourth-order valence-electron chi connectivity index (χ4n) is 1.97. The summed E-state index contributed by atoms with van der Waals surface area (Å²) in [6.07, 6.45) is 2.81. The first-order chi connectivity index (χ1) is 10.1. The zero-order valence-electron chi connectivity index (χ0n) is 12.6. The van der Waals surface area contributed by atoms with Crippen molar-refractivity contribution in [3.05, 3.63) is 59.9 Å². The normalized spacial score (nSPS) is 10.6. The number of carbonyl (C=O) groups is 1. The molecule has 0 aliphatic heterocycles. The average molecular weight is 283 g/mol. The molecule has 3 heteroatoms. The molecule has 0 saturated heterocycles. The number of ketones is 1. The number of Topliss-reactive ketones (excluding diaryl/α,β-unsaturated/α-hetero) is 1. The first kappa shape index (κ1) is 15.2. The van der Waals surface area contributed by atoms with E-state index in [9.17, 15) is 4.79 Å². The van der Waals surface area contributed by atoms with Crippen molar-refractivity contribution in [3.8, 4) is 5.75 Å². The lowest BCUT2D eigenvalue weighted by atomic mass is 10.1. The molecule has 0 radical (unpaired) electrons. The van der Waals surface area contributed by atoms with E-state index in [1.807, 2.05) is 36.4 Å². The van der Waals surface area contributed by atoms with Gasteiger partial charge in [-0.3, -0.25) is 9.78 Å². The third kappa shape index (κ3) is 5.03. The minimum Gasteiger partial charge on any atom is -0.493 e. The van der Waals surface area contributed by atoms with Crippen molar-refractivity contribution in [2.75, 3.05) is 6.61 Å². The van der Waals surface area contributed by atoms with Crippen molar-refractivity contribution in [1.29, 1.82) is 0 Å². The van der Waals surface area contributed by atoms with Crippen LogP contribution in [-0.4, -0.2) is 17.4 Å². The Morgan fingerprint density at radius 1 is 1.19 bits per heavy atom. The molecule has 0 saturated carbocycles. The molecule has 0 aliphatic carbocycles. The van der Waals surface area contributed by atoms with Gasteiger partial charge in [0, 0.05) is 12.6 Å². The summed E-state index contributed by atoms with van der Waals surface area (Å²) in [6.45, 7) is 4.95. The summed E-state index contributed by atoms with van der Waals surface area (Å²) in [5.74, 6) is 1.44. The number of hydrogen-bond acceptors (Lipinski definition) is 3. The maximum atomic E-state index is 12.0. The second-order valence-corrected chi connectivity index (χ2v) is 5.49. The first-order valence-corrected chi connectivity index (χ1v) is 7.31. The van der Waals surface area contributed by atoms with Crippen LogP contribution in [-0.2, 0) is 6.42 Å². The summed E-state index contributed by atoms with van der Waals surface area (Å²) in [7, 11) is 0. The summed E-state index contributed by atoms with van der Waals surface area (Å²) < 4.78 is 5.70. The largest absolute Gasteiger partial charge is 0.493 e. The van der Waals surface area contributed by atoms with Crippen LogP contribution in [0.5, 0.6) is 5.75 Å². The third-order valence-electron chi connectivity index (χ3n) is 3.07. The zero-order valence-corrected chi connectivity index (χ0v) is 12.6. The highest BCUT2D eigenvalue weighted by Crippen LogP contribution is 2.16. The van der Waals surface area contributed by atoms with Crippen LogP contribution in [0.1, 0.15) is 36.3 Å². The van der Waals surface area contributed by atoms with E-state index in [4.69, 9.17) is 4.74 Å². The van der Waals surface area contributed by atoms with Gasteiger partial charge >= 0.3 is 0 Å². The third-order valence-corrected chi connectivity index (χ3v) is 3.07. The maximum absolute atomic E-state index is 12.0. The van der Waals surface area contributed by atoms with E-state index in [1.165, 1.54) is 0 Å². The van der Waals surface area contributed by atoms with E-state index in [-0.39, 0.29) is 5.78 Å².